The van der Waals surface area contributed by atoms with Gasteiger partial charge in [0, 0.05) is 6.54 Å². The maximum Gasteiger partial charge on any atom is 0.307 e. The van der Waals surface area contributed by atoms with Gasteiger partial charge in [0.2, 0.25) is 10.0 Å². The number of sulfonamides is 1. The Bertz CT molecular complexity index is 557. The Morgan fingerprint density at radius 3 is 2.68 bits per heavy atom. The molecule has 1 aromatic rings. The van der Waals surface area contributed by atoms with E-state index in [1.165, 1.54) is 12.1 Å². The molecule has 19 heavy (non-hydrogen) atoms. The Balaban J connectivity index is 2.66. The number of rotatable bonds is 6. The van der Waals surface area contributed by atoms with Gasteiger partial charge >= 0.3 is 5.97 Å². The summed E-state index contributed by atoms with van der Waals surface area (Å²) >= 11 is 0. The predicted octanol–water partition coefficient (Wildman–Crippen LogP) is 1.37. The van der Waals surface area contributed by atoms with Gasteiger partial charge in [-0.05, 0) is 31.5 Å². The Morgan fingerprint density at radius 2 is 2.11 bits per heavy atom. The van der Waals surface area contributed by atoms with Crippen LogP contribution in [-0.2, 0) is 19.6 Å². The Labute approximate surface area is 111 Å². The van der Waals surface area contributed by atoms with Crippen LogP contribution in [-0.4, -0.2) is 27.5 Å². The van der Waals surface area contributed by atoms with E-state index in [2.05, 4.69) is 9.46 Å². The standard InChI is InChI=1S/C12H16FNO4S/c1-3-18-12(15)6-7-14-19(16,17)10-5-4-9(2)11(13)8-10/h4-5,8,14H,3,6-7H2,1-2H3. The summed E-state index contributed by atoms with van der Waals surface area (Å²) in [5, 5.41) is 0. The van der Waals surface area contributed by atoms with Gasteiger partial charge in [-0.3, -0.25) is 4.79 Å². The van der Waals surface area contributed by atoms with Crippen molar-refractivity contribution in [3.63, 3.8) is 0 Å². The first-order valence-corrected chi connectivity index (χ1v) is 7.26. The molecule has 0 aromatic heterocycles. The number of aryl methyl sites for hydroxylation is 1. The maximum atomic E-state index is 13.3. The molecule has 0 heterocycles. The lowest BCUT2D eigenvalue weighted by Gasteiger charge is -2.07. The van der Waals surface area contributed by atoms with Crippen LogP contribution < -0.4 is 4.72 Å². The fourth-order valence-electron chi connectivity index (χ4n) is 1.34. The molecule has 0 atom stereocenters. The molecule has 0 saturated heterocycles. The first-order valence-electron chi connectivity index (χ1n) is 5.78. The molecule has 0 saturated carbocycles. The molecule has 0 fully saturated rings. The largest absolute Gasteiger partial charge is 0.466 e. The molecule has 106 valence electrons. The highest BCUT2D eigenvalue weighted by atomic mass is 32.2. The second-order valence-corrected chi connectivity index (χ2v) is 5.63. The number of hydrogen-bond acceptors (Lipinski definition) is 4. The van der Waals surface area contributed by atoms with Crippen LogP contribution in [0.25, 0.3) is 0 Å². The molecule has 0 spiro atoms. The Morgan fingerprint density at radius 1 is 1.42 bits per heavy atom. The normalized spacial score (nSPS) is 11.3. The van der Waals surface area contributed by atoms with Crippen LogP contribution in [0.3, 0.4) is 0 Å². The van der Waals surface area contributed by atoms with Crippen molar-refractivity contribution in [2.45, 2.75) is 25.2 Å². The maximum absolute atomic E-state index is 13.3. The van der Waals surface area contributed by atoms with Crippen molar-refractivity contribution in [1.82, 2.24) is 4.72 Å². The summed E-state index contributed by atoms with van der Waals surface area (Å²) in [6.07, 6.45) is -0.0680. The number of ether oxygens (including phenoxy) is 1. The quantitative estimate of drug-likeness (QED) is 0.803. The van der Waals surface area contributed by atoms with Crippen LogP contribution in [0.1, 0.15) is 18.9 Å². The number of benzene rings is 1. The molecule has 5 nitrogen and oxygen atoms in total. The highest BCUT2D eigenvalue weighted by Crippen LogP contribution is 2.13. The summed E-state index contributed by atoms with van der Waals surface area (Å²) in [6.45, 7) is 3.36. The minimum atomic E-state index is -3.81. The molecule has 0 aliphatic heterocycles. The van der Waals surface area contributed by atoms with Crippen LogP contribution in [0, 0.1) is 12.7 Å². The fourth-order valence-corrected chi connectivity index (χ4v) is 2.39. The van der Waals surface area contributed by atoms with Crippen molar-refractivity contribution in [2.75, 3.05) is 13.2 Å². The van der Waals surface area contributed by atoms with Crippen molar-refractivity contribution in [1.29, 1.82) is 0 Å². The molecule has 0 unspecified atom stereocenters. The Hall–Kier alpha value is -1.47. The van der Waals surface area contributed by atoms with Crippen LogP contribution in [0.15, 0.2) is 23.1 Å². The molecule has 0 aliphatic rings. The van der Waals surface area contributed by atoms with Gasteiger partial charge in [0.1, 0.15) is 5.82 Å². The summed E-state index contributed by atoms with van der Waals surface area (Å²) in [6, 6.07) is 3.64. The molecule has 1 rings (SSSR count). The second-order valence-electron chi connectivity index (χ2n) is 3.86. The number of esters is 1. The SMILES string of the molecule is CCOC(=O)CCNS(=O)(=O)c1ccc(C)c(F)c1. The van der Waals surface area contributed by atoms with E-state index in [4.69, 9.17) is 0 Å². The molecule has 1 N–H and O–H groups in total. The zero-order valence-corrected chi connectivity index (χ0v) is 11.6. The molecule has 1 aromatic carbocycles. The summed E-state index contributed by atoms with van der Waals surface area (Å²) in [5.41, 5.74) is 0.366. The number of hydrogen-bond donors (Lipinski definition) is 1. The van der Waals surface area contributed by atoms with Crippen molar-refractivity contribution in [2.24, 2.45) is 0 Å². The van der Waals surface area contributed by atoms with E-state index < -0.39 is 21.8 Å². The lowest BCUT2D eigenvalue weighted by molar-refractivity contribution is -0.142. The molecule has 0 radical (unpaired) electrons. The van der Waals surface area contributed by atoms with E-state index in [1.807, 2.05) is 0 Å². The van der Waals surface area contributed by atoms with E-state index >= 15 is 0 Å². The third-order valence-corrected chi connectivity index (χ3v) is 3.84. The van der Waals surface area contributed by atoms with Gasteiger partial charge in [0.15, 0.2) is 0 Å². The van der Waals surface area contributed by atoms with Crippen molar-refractivity contribution < 1.29 is 22.3 Å². The predicted molar refractivity (Wildman–Crippen MR) is 67.6 cm³/mol. The number of carbonyl (C=O) groups is 1. The number of halogens is 1. The topological polar surface area (TPSA) is 72.5 Å². The van der Waals surface area contributed by atoms with Gasteiger partial charge in [0.05, 0.1) is 17.9 Å². The molecular weight excluding hydrogens is 273 g/mol. The second kappa shape index (κ2) is 6.63. The minimum Gasteiger partial charge on any atom is -0.466 e. The first kappa shape index (κ1) is 15.6. The Kier molecular flexibility index (Phi) is 5.44. The highest BCUT2D eigenvalue weighted by molar-refractivity contribution is 7.89. The van der Waals surface area contributed by atoms with E-state index in [9.17, 15) is 17.6 Å². The molecule has 0 amide bonds. The lowest BCUT2D eigenvalue weighted by Crippen LogP contribution is -2.27. The van der Waals surface area contributed by atoms with E-state index in [1.54, 1.807) is 13.8 Å². The highest BCUT2D eigenvalue weighted by Gasteiger charge is 2.15. The summed E-state index contributed by atoms with van der Waals surface area (Å²) in [5.74, 6) is -1.08. The van der Waals surface area contributed by atoms with Crippen LogP contribution in [0.4, 0.5) is 4.39 Å². The summed E-state index contributed by atoms with van der Waals surface area (Å²) in [4.78, 5) is 10.9. The molecule has 0 aliphatic carbocycles. The van der Waals surface area contributed by atoms with Gasteiger partial charge in [-0.15, -0.1) is 0 Å². The van der Waals surface area contributed by atoms with E-state index in [0.717, 1.165) is 6.07 Å². The van der Waals surface area contributed by atoms with Gasteiger partial charge in [-0.25, -0.2) is 17.5 Å². The number of nitrogens with one attached hydrogen (secondary N) is 1. The van der Waals surface area contributed by atoms with Crippen LogP contribution in [0.5, 0.6) is 0 Å². The third kappa shape index (κ3) is 4.60. The zero-order valence-electron chi connectivity index (χ0n) is 10.8. The van der Waals surface area contributed by atoms with Gasteiger partial charge in [-0.2, -0.15) is 0 Å². The fraction of sp³-hybridized carbons (Fsp3) is 0.417. The van der Waals surface area contributed by atoms with E-state index in [-0.39, 0.29) is 24.5 Å². The number of carbonyl (C=O) groups excluding carboxylic acids is 1. The summed E-state index contributed by atoms with van der Waals surface area (Å²) in [7, 11) is -3.81. The smallest absolute Gasteiger partial charge is 0.307 e. The van der Waals surface area contributed by atoms with Crippen molar-refractivity contribution >= 4 is 16.0 Å². The molecule has 7 heteroatoms. The average molecular weight is 289 g/mol. The summed E-state index contributed by atoms with van der Waals surface area (Å²) < 4.78 is 43.8. The lowest BCUT2D eigenvalue weighted by atomic mass is 10.2. The molecular formula is C12H16FNO4S. The van der Waals surface area contributed by atoms with Crippen molar-refractivity contribution in [3.05, 3.63) is 29.6 Å². The van der Waals surface area contributed by atoms with Crippen LogP contribution in [0.2, 0.25) is 0 Å². The van der Waals surface area contributed by atoms with Gasteiger partial charge in [-0.1, -0.05) is 6.07 Å². The van der Waals surface area contributed by atoms with Crippen LogP contribution >= 0.6 is 0 Å². The van der Waals surface area contributed by atoms with Gasteiger partial charge < -0.3 is 4.74 Å². The average Bonchev–Trinajstić information content (AvgIpc) is 2.32. The molecule has 0 bridgehead atoms. The van der Waals surface area contributed by atoms with E-state index in [0.29, 0.717) is 5.56 Å². The first-order chi connectivity index (χ1) is 8.86. The third-order valence-electron chi connectivity index (χ3n) is 2.38. The monoisotopic (exact) mass is 289 g/mol. The minimum absolute atomic E-state index is 0.0680. The van der Waals surface area contributed by atoms with Gasteiger partial charge in [0.25, 0.3) is 0 Å². The zero-order chi connectivity index (χ0) is 14.5. The van der Waals surface area contributed by atoms with Crippen molar-refractivity contribution in [3.8, 4) is 0 Å².